The molecule has 1 atom stereocenters. The molecule has 1 aromatic heterocycles. The molecule has 3 rings (SSSR count). The van der Waals surface area contributed by atoms with E-state index in [9.17, 15) is 20.0 Å². The number of nitrogens with one attached hydrogen (secondary N) is 1. The smallest absolute Gasteiger partial charge is 0.326 e. The first-order valence-corrected chi connectivity index (χ1v) is 8.85. The Hall–Kier alpha value is -3.85. The van der Waals surface area contributed by atoms with Gasteiger partial charge in [0.25, 0.3) is 5.91 Å². The van der Waals surface area contributed by atoms with Gasteiger partial charge in [0.05, 0.1) is 0 Å². The summed E-state index contributed by atoms with van der Waals surface area (Å²) in [5.74, 6) is -1.45. The predicted octanol–water partition coefficient (Wildman–Crippen LogP) is 4.22. The van der Waals surface area contributed by atoms with E-state index in [1.165, 1.54) is 6.08 Å². The summed E-state index contributed by atoms with van der Waals surface area (Å²) in [7, 11) is 0. The third-order valence-corrected chi connectivity index (χ3v) is 4.48. The molecule has 2 aromatic carbocycles. The Morgan fingerprint density at radius 2 is 1.86 bits per heavy atom. The monoisotopic (exact) mass is 373 g/mol. The van der Waals surface area contributed by atoms with E-state index in [1.54, 1.807) is 42.0 Å². The van der Waals surface area contributed by atoms with Crippen molar-refractivity contribution in [3.8, 4) is 6.07 Å². The lowest BCUT2D eigenvalue weighted by atomic mass is 10.1. The summed E-state index contributed by atoms with van der Waals surface area (Å²) in [6.45, 7) is 1.80. The van der Waals surface area contributed by atoms with E-state index >= 15 is 0 Å². The first-order valence-electron chi connectivity index (χ1n) is 8.85. The summed E-state index contributed by atoms with van der Waals surface area (Å²) in [4.78, 5) is 24.1. The highest BCUT2D eigenvalue weighted by molar-refractivity contribution is 6.10. The number of fused-ring (bicyclic) bond motifs is 1. The Balaban J connectivity index is 2.03. The van der Waals surface area contributed by atoms with Crippen LogP contribution in [-0.4, -0.2) is 21.6 Å². The first-order chi connectivity index (χ1) is 13.5. The van der Waals surface area contributed by atoms with E-state index < -0.39 is 17.9 Å². The number of hydrogen-bond acceptors (Lipinski definition) is 3. The maximum atomic E-state index is 12.5. The summed E-state index contributed by atoms with van der Waals surface area (Å²) in [5.41, 5.74) is 1.89. The third-order valence-electron chi connectivity index (χ3n) is 4.48. The first kappa shape index (κ1) is 18.9. The molecule has 0 aliphatic rings. The second-order valence-corrected chi connectivity index (χ2v) is 6.26. The van der Waals surface area contributed by atoms with Crippen LogP contribution in [0.3, 0.4) is 0 Å². The zero-order valence-corrected chi connectivity index (χ0v) is 15.3. The van der Waals surface area contributed by atoms with Crippen LogP contribution in [0.1, 0.15) is 24.9 Å². The Morgan fingerprint density at radius 3 is 2.50 bits per heavy atom. The molecule has 0 saturated carbocycles. The molecule has 0 spiro atoms. The van der Waals surface area contributed by atoms with Crippen LogP contribution in [0, 0.1) is 11.3 Å². The quantitative estimate of drug-likeness (QED) is 0.499. The fraction of sp³-hybridized carbons (Fsp3) is 0.136. The van der Waals surface area contributed by atoms with E-state index in [2.05, 4.69) is 5.32 Å². The van der Waals surface area contributed by atoms with Crippen molar-refractivity contribution >= 4 is 34.5 Å². The van der Waals surface area contributed by atoms with Gasteiger partial charge in [-0.3, -0.25) is 4.79 Å². The topological polar surface area (TPSA) is 95.1 Å². The number of nitrogens with zero attached hydrogens (tertiary/aromatic N) is 2. The van der Waals surface area contributed by atoms with Crippen LogP contribution in [-0.2, 0) is 9.59 Å². The van der Waals surface area contributed by atoms with Crippen molar-refractivity contribution in [1.29, 1.82) is 5.26 Å². The Morgan fingerprint density at radius 1 is 1.18 bits per heavy atom. The number of carboxylic acids is 1. The fourth-order valence-electron chi connectivity index (χ4n) is 3.12. The van der Waals surface area contributed by atoms with Crippen LogP contribution in [0.15, 0.2) is 66.4 Å². The number of para-hydroxylation sites is 2. The molecule has 3 aromatic rings. The number of carboxylic acid groups (broad SMARTS) is 1. The Kier molecular flexibility index (Phi) is 5.56. The van der Waals surface area contributed by atoms with Crippen LogP contribution in [0.2, 0.25) is 0 Å². The molecule has 0 aliphatic carbocycles. The third kappa shape index (κ3) is 3.79. The molecule has 0 saturated heterocycles. The number of aliphatic carboxylic acids is 1. The Labute approximate surface area is 162 Å². The van der Waals surface area contributed by atoms with Crippen LogP contribution < -0.4 is 5.32 Å². The molecule has 2 N–H and O–H groups in total. The molecule has 0 aliphatic heterocycles. The van der Waals surface area contributed by atoms with Gasteiger partial charge >= 0.3 is 5.97 Å². The van der Waals surface area contributed by atoms with Crippen molar-refractivity contribution in [2.45, 2.75) is 19.4 Å². The van der Waals surface area contributed by atoms with Gasteiger partial charge in [0.1, 0.15) is 17.7 Å². The normalized spacial score (nSPS) is 12.4. The molecule has 28 heavy (non-hydrogen) atoms. The molecule has 1 heterocycles. The maximum absolute atomic E-state index is 12.5. The minimum atomic E-state index is -0.930. The van der Waals surface area contributed by atoms with Crippen LogP contribution in [0.5, 0.6) is 0 Å². The highest BCUT2D eigenvalue weighted by Gasteiger charge is 2.21. The molecule has 0 fully saturated rings. The van der Waals surface area contributed by atoms with Gasteiger partial charge in [-0.05, 0) is 30.7 Å². The van der Waals surface area contributed by atoms with Crippen molar-refractivity contribution in [2.75, 3.05) is 5.32 Å². The van der Waals surface area contributed by atoms with Gasteiger partial charge in [-0.2, -0.15) is 5.26 Å². The summed E-state index contributed by atoms with van der Waals surface area (Å²) < 4.78 is 1.67. The number of carbonyl (C=O) groups excluding carboxylic acids is 1. The lowest BCUT2D eigenvalue weighted by molar-refractivity contribution is -0.140. The van der Waals surface area contributed by atoms with Gasteiger partial charge < -0.3 is 15.0 Å². The highest BCUT2D eigenvalue weighted by atomic mass is 16.4. The fourth-order valence-corrected chi connectivity index (χ4v) is 3.12. The average molecular weight is 373 g/mol. The predicted molar refractivity (Wildman–Crippen MR) is 108 cm³/mol. The van der Waals surface area contributed by atoms with Crippen molar-refractivity contribution in [2.24, 2.45) is 0 Å². The molecule has 140 valence electrons. The zero-order valence-electron chi connectivity index (χ0n) is 15.3. The van der Waals surface area contributed by atoms with Crippen LogP contribution in [0.25, 0.3) is 17.0 Å². The summed E-state index contributed by atoms with van der Waals surface area (Å²) in [5, 5.41) is 22.5. The molecule has 1 unspecified atom stereocenters. The minimum absolute atomic E-state index is 0.0601. The van der Waals surface area contributed by atoms with Gasteiger partial charge in [0, 0.05) is 28.4 Å². The van der Waals surface area contributed by atoms with Crippen LogP contribution in [0.4, 0.5) is 5.69 Å². The molecule has 6 heteroatoms. The minimum Gasteiger partial charge on any atom is -0.480 e. The van der Waals surface area contributed by atoms with Gasteiger partial charge in [-0.25, -0.2) is 4.79 Å². The van der Waals surface area contributed by atoms with Gasteiger partial charge in [-0.15, -0.1) is 0 Å². The van der Waals surface area contributed by atoms with Gasteiger partial charge in [-0.1, -0.05) is 43.3 Å². The van der Waals surface area contributed by atoms with E-state index in [0.717, 1.165) is 10.9 Å². The lowest BCUT2D eigenvalue weighted by Crippen LogP contribution is -2.17. The number of aromatic nitrogens is 1. The summed E-state index contributed by atoms with van der Waals surface area (Å²) >= 11 is 0. The van der Waals surface area contributed by atoms with Gasteiger partial charge in [0.15, 0.2) is 0 Å². The number of amides is 1. The SMILES string of the molecule is CCC(C(=O)O)n1cc(C=C(C#N)C(=O)Nc2ccccc2)c2ccccc21. The highest BCUT2D eigenvalue weighted by Crippen LogP contribution is 2.28. The Bertz CT molecular complexity index is 1090. The molecular weight excluding hydrogens is 354 g/mol. The lowest BCUT2D eigenvalue weighted by Gasteiger charge is -2.13. The van der Waals surface area contributed by atoms with Crippen molar-refractivity contribution < 1.29 is 14.7 Å². The standard InChI is InChI=1S/C22H19N3O3/c1-2-19(22(27)28)25-14-16(18-10-6-7-11-20(18)25)12-15(13-23)21(26)24-17-8-4-3-5-9-17/h3-12,14,19H,2H2,1H3,(H,24,26)(H,27,28). The number of carbonyl (C=O) groups is 2. The zero-order chi connectivity index (χ0) is 20.1. The second kappa shape index (κ2) is 8.23. The number of hydrogen-bond donors (Lipinski definition) is 2. The van der Waals surface area contributed by atoms with E-state index in [0.29, 0.717) is 17.7 Å². The molecule has 0 radical (unpaired) electrons. The van der Waals surface area contributed by atoms with Crippen molar-refractivity contribution in [1.82, 2.24) is 4.57 Å². The number of anilines is 1. The van der Waals surface area contributed by atoms with Crippen molar-refractivity contribution in [3.05, 3.63) is 71.9 Å². The number of benzene rings is 2. The van der Waals surface area contributed by atoms with E-state index in [1.807, 2.05) is 36.4 Å². The van der Waals surface area contributed by atoms with Gasteiger partial charge in [0.2, 0.25) is 0 Å². The number of nitriles is 1. The van der Waals surface area contributed by atoms with Crippen LogP contribution >= 0.6 is 0 Å². The molecule has 1 amide bonds. The molecule has 0 bridgehead atoms. The largest absolute Gasteiger partial charge is 0.480 e. The van der Waals surface area contributed by atoms with E-state index in [4.69, 9.17) is 0 Å². The second-order valence-electron chi connectivity index (χ2n) is 6.26. The summed E-state index contributed by atoms with van der Waals surface area (Å²) in [6, 6.07) is 17.4. The molecular formula is C22H19N3O3. The van der Waals surface area contributed by atoms with E-state index in [-0.39, 0.29) is 5.57 Å². The summed E-state index contributed by atoms with van der Waals surface area (Å²) in [6.07, 6.45) is 3.59. The molecule has 6 nitrogen and oxygen atoms in total. The number of rotatable bonds is 6. The maximum Gasteiger partial charge on any atom is 0.326 e. The van der Waals surface area contributed by atoms with Crippen molar-refractivity contribution in [3.63, 3.8) is 0 Å². The average Bonchev–Trinajstić information content (AvgIpc) is 3.05.